The Labute approximate surface area is 107 Å². The summed E-state index contributed by atoms with van der Waals surface area (Å²) in [6.45, 7) is 14.4. The van der Waals surface area contributed by atoms with Crippen LogP contribution in [0.3, 0.4) is 0 Å². The molecule has 0 aromatic carbocycles. The molecule has 0 amide bonds. The molecule has 1 fully saturated rings. The summed E-state index contributed by atoms with van der Waals surface area (Å²) in [5, 5.41) is 3.63. The van der Waals surface area contributed by atoms with E-state index >= 15 is 0 Å². The molecule has 0 aliphatic carbocycles. The summed E-state index contributed by atoms with van der Waals surface area (Å²) < 4.78 is 0. The molecular formula is C15H30N2. The lowest BCUT2D eigenvalue weighted by molar-refractivity contribution is 0.0851. The third-order valence-corrected chi connectivity index (χ3v) is 4.13. The van der Waals surface area contributed by atoms with Crippen molar-refractivity contribution in [2.75, 3.05) is 19.6 Å². The van der Waals surface area contributed by atoms with Crippen LogP contribution in [0.15, 0.2) is 12.7 Å². The smallest absolute Gasteiger partial charge is 0.0309 e. The van der Waals surface area contributed by atoms with Crippen LogP contribution < -0.4 is 5.32 Å². The summed E-state index contributed by atoms with van der Waals surface area (Å²) in [6, 6.07) is 0.517. The van der Waals surface area contributed by atoms with Crippen LogP contribution in [-0.4, -0.2) is 36.1 Å². The molecule has 1 N–H and O–H groups in total. The number of nitrogens with one attached hydrogen (secondary N) is 1. The van der Waals surface area contributed by atoms with Gasteiger partial charge < -0.3 is 5.32 Å². The van der Waals surface area contributed by atoms with Crippen molar-refractivity contribution >= 4 is 0 Å². The molecule has 1 aliphatic heterocycles. The minimum Gasteiger partial charge on any atom is -0.312 e. The van der Waals surface area contributed by atoms with Gasteiger partial charge in [0.2, 0.25) is 0 Å². The van der Waals surface area contributed by atoms with Gasteiger partial charge in [0.05, 0.1) is 0 Å². The lowest BCUT2D eigenvalue weighted by atomic mass is 9.89. The summed E-state index contributed by atoms with van der Waals surface area (Å²) in [4.78, 5) is 2.68. The zero-order valence-electron chi connectivity index (χ0n) is 12.0. The molecule has 17 heavy (non-hydrogen) atoms. The number of nitrogens with zero attached hydrogens (tertiary/aromatic N) is 1. The number of rotatable bonds is 6. The zero-order valence-corrected chi connectivity index (χ0v) is 12.0. The van der Waals surface area contributed by atoms with Crippen molar-refractivity contribution in [1.82, 2.24) is 10.2 Å². The van der Waals surface area contributed by atoms with E-state index in [4.69, 9.17) is 0 Å². The third-order valence-electron chi connectivity index (χ3n) is 4.13. The Morgan fingerprint density at radius 1 is 1.24 bits per heavy atom. The van der Waals surface area contributed by atoms with Gasteiger partial charge in [-0.25, -0.2) is 0 Å². The van der Waals surface area contributed by atoms with Gasteiger partial charge in [0.15, 0.2) is 0 Å². The largest absolute Gasteiger partial charge is 0.312 e. The predicted octanol–water partition coefficient (Wildman–Crippen LogP) is 3.20. The van der Waals surface area contributed by atoms with Gasteiger partial charge in [-0.15, -0.1) is 6.58 Å². The fourth-order valence-electron chi connectivity index (χ4n) is 2.90. The van der Waals surface area contributed by atoms with Crippen molar-refractivity contribution in [3.05, 3.63) is 12.7 Å². The van der Waals surface area contributed by atoms with E-state index in [0.29, 0.717) is 6.04 Å². The molecule has 0 radical (unpaired) electrons. The SMILES string of the molecule is C=CCC(NCC)C(C)(C)N1CCCCCC1. The lowest BCUT2D eigenvalue weighted by Gasteiger charge is -2.44. The lowest BCUT2D eigenvalue weighted by Crippen LogP contribution is -2.57. The first-order valence-corrected chi connectivity index (χ1v) is 7.22. The molecular weight excluding hydrogens is 208 g/mol. The van der Waals surface area contributed by atoms with Crippen molar-refractivity contribution in [1.29, 1.82) is 0 Å². The van der Waals surface area contributed by atoms with E-state index in [2.05, 4.69) is 37.6 Å². The number of hydrogen-bond donors (Lipinski definition) is 1. The molecule has 1 rings (SSSR count). The Morgan fingerprint density at radius 3 is 2.29 bits per heavy atom. The minimum atomic E-state index is 0.231. The topological polar surface area (TPSA) is 15.3 Å². The Morgan fingerprint density at radius 2 is 1.82 bits per heavy atom. The van der Waals surface area contributed by atoms with E-state index < -0.39 is 0 Å². The second-order valence-electron chi connectivity index (χ2n) is 5.69. The molecule has 1 aliphatic rings. The van der Waals surface area contributed by atoms with Crippen LogP contribution in [0.2, 0.25) is 0 Å². The van der Waals surface area contributed by atoms with Gasteiger partial charge in [0.1, 0.15) is 0 Å². The molecule has 0 spiro atoms. The number of likely N-dealkylation sites (N-methyl/N-ethyl adjacent to an activating group) is 1. The fourth-order valence-corrected chi connectivity index (χ4v) is 2.90. The summed E-state index contributed by atoms with van der Waals surface area (Å²) >= 11 is 0. The van der Waals surface area contributed by atoms with E-state index in [1.54, 1.807) is 0 Å². The molecule has 1 heterocycles. The molecule has 100 valence electrons. The van der Waals surface area contributed by atoms with Gasteiger partial charge >= 0.3 is 0 Å². The van der Waals surface area contributed by atoms with Crippen LogP contribution in [-0.2, 0) is 0 Å². The molecule has 1 saturated heterocycles. The van der Waals surface area contributed by atoms with Crippen LogP contribution in [0.4, 0.5) is 0 Å². The highest BCUT2D eigenvalue weighted by Gasteiger charge is 2.34. The van der Waals surface area contributed by atoms with Crippen LogP contribution in [0.1, 0.15) is 52.9 Å². The average Bonchev–Trinajstić information content (AvgIpc) is 2.57. The Bertz CT molecular complexity index is 215. The van der Waals surface area contributed by atoms with Gasteiger partial charge in [-0.05, 0) is 52.7 Å². The van der Waals surface area contributed by atoms with Crippen LogP contribution in [0.5, 0.6) is 0 Å². The molecule has 0 aromatic heterocycles. The normalized spacial score (nSPS) is 20.9. The number of likely N-dealkylation sites (tertiary alicyclic amines) is 1. The van der Waals surface area contributed by atoms with Gasteiger partial charge in [0.25, 0.3) is 0 Å². The summed E-state index contributed by atoms with van der Waals surface area (Å²) in [5.41, 5.74) is 0.231. The Balaban J connectivity index is 2.69. The van der Waals surface area contributed by atoms with E-state index in [1.165, 1.54) is 38.8 Å². The predicted molar refractivity (Wildman–Crippen MR) is 76.4 cm³/mol. The molecule has 2 nitrogen and oxygen atoms in total. The average molecular weight is 238 g/mol. The molecule has 2 heteroatoms. The van der Waals surface area contributed by atoms with Crippen LogP contribution in [0, 0.1) is 0 Å². The Hall–Kier alpha value is -0.340. The monoisotopic (exact) mass is 238 g/mol. The van der Waals surface area contributed by atoms with Crippen molar-refractivity contribution in [3.63, 3.8) is 0 Å². The number of hydrogen-bond acceptors (Lipinski definition) is 2. The maximum Gasteiger partial charge on any atom is 0.0309 e. The van der Waals surface area contributed by atoms with Crippen LogP contribution >= 0.6 is 0 Å². The fraction of sp³-hybridized carbons (Fsp3) is 0.867. The highest BCUT2D eigenvalue weighted by atomic mass is 15.2. The highest BCUT2D eigenvalue weighted by Crippen LogP contribution is 2.25. The van der Waals surface area contributed by atoms with E-state index in [1.807, 2.05) is 6.08 Å². The van der Waals surface area contributed by atoms with Crippen LogP contribution in [0.25, 0.3) is 0 Å². The third kappa shape index (κ3) is 4.11. The molecule has 1 unspecified atom stereocenters. The maximum absolute atomic E-state index is 3.90. The van der Waals surface area contributed by atoms with E-state index in [-0.39, 0.29) is 5.54 Å². The summed E-state index contributed by atoms with van der Waals surface area (Å²) in [7, 11) is 0. The van der Waals surface area contributed by atoms with Crippen molar-refractivity contribution < 1.29 is 0 Å². The second-order valence-corrected chi connectivity index (χ2v) is 5.69. The zero-order chi connectivity index (χ0) is 12.7. The second kappa shape index (κ2) is 7.17. The standard InChI is InChI=1S/C15H30N2/c1-5-11-14(16-6-2)15(3,4)17-12-9-7-8-10-13-17/h5,14,16H,1,6-13H2,2-4H3. The molecule has 1 atom stereocenters. The van der Waals surface area contributed by atoms with Gasteiger partial charge in [-0.1, -0.05) is 25.8 Å². The first-order valence-electron chi connectivity index (χ1n) is 7.22. The minimum absolute atomic E-state index is 0.231. The highest BCUT2D eigenvalue weighted by molar-refractivity contribution is 4.97. The van der Waals surface area contributed by atoms with Gasteiger partial charge in [0, 0.05) is 11.6 Å². The quantitative estimate of drug-likeness (QED) is 0.715. The van der Waals surface area contributed by atoms with E-state index in [0.717, 1.165) is 13.0 Å². The van der Waals surface area contributed by atoms with Crippen molar-refractivity contribution in [2.45, 2.75) is 64.5 Å². The van der Waals surface area contributed by atoms with Gasteiger partial charge in [-0.2, -0.15) is 0 Å². The molecule has 0 saturated carbocycles. The maximum atomic E-state index is 3.90. The molecule has 0 bridgehead atoms. The Kier molecular flexibility index (Phi) is 6.21. The van der Waals surface area contributed by atoms with Crippen molar-refractivity contribution in [3.8, 4) is 0 Å². The van der Waals surface area contributed by atoms with Crippen molar-refractivity contribution in [2.24, 2.45) is 0 Å². The molecule has 0 aromatic rings. The van der Waals surface area contributed by atoms with Gasteiger partial charge in [-0.3, -0.25) is 4.90 Å². The van der Waals surface area contributed by atoms with E-state index in [9.17, 15) is 0 Å². The summed E-state index contributed by atoms with van der Waals surface area (Å²) in [6.07, 6.45) is 8.62. The first kappa shape index (κ1) is 14.7. The first-order chi connectivity index (χ1) is 8.12. The summed E-state index contributed by atoms with van der Waals surface area (Å²) in [5.74, 6) is 0.